The van der Waals surface area contributed by atoms with Crippen molar-refractivity contribution >= 4 is 49.3 Å². The normalized spacial score (nSPS) is 16.0. The maximum atomic E-state index is 17.7. The van der Waals surface area contributed by atoms with E-state index >= 15 is 4.11 Å². The Labute approximate surface area is 430 Å². The number of carbonyl (C=O) groups excluding carboxylic acids is 5. The number of nitrogens with zero attached hydrogens (tertiary/aromatic N) is 7. The van der Waals surface area contributed by atoms with Gasteiger partial charge < -0.3 is 39.0 Å². The largest absolute Gasteiger partial charge is 0.459 e. The average Bonchev–Trinajstić information content (AvgIpc) is 3.64. The minimum absolute atomic E-state index is 0.0169. The molecule has 0 unspecified atom stereocenters. The van der Waals surface area contributed by atoms with Crippen LogP contribution in [0.3, 0.4) is 0 Å². The molecule has 1 aliphatic rings. The molecule has 0 bridgehead atoms. The molecule has 19 nitrogen and oxygen atoms in total. The lowest BCUT2D eigenvalue weighted by Gasteiger charge is -2.44. The van der Waals surface area contributed by atoms with Gasteiger partial charge in [0.15, 0.2) is 0 Å². The molecule has 2 aromatic rings. The SMILES string of the molecule is CC(C)(C)OC(=O)CN1CCN(CC(=O)NCCOCCn2nc(NCC(=O)NCc3cccnc3)cc2[Si](F)(C(C)(C)C)C(C)(C)C)CCN(CC(=O)OC(C)(C)C)CCN(CC(=O)OC(C)(C)C)CC1. The second kappa shape index (κ2) is 27.1. The summed E-state index contributed by atoms with van der Waals surface area (Å²) in [4.78, 5) is 77.6. The molecular weight excluding hydrogens is 944 g/mol. The number of aromatic nitrogens is 3. The molecule has 3 rings (SSSR count). The number of carbonyl (C=O) groups is 5. The molecule has 21 heteroatoms. The van der Waals surface area contributed by atoms with E-state index in [0.29, 0.717) is 70.0 Å². The van der Waals surface area contributed by atoms with Crippen LogP contribution in [0.5, 0.6) is 0 Å². The molecule has 408 valence electrons. The summed E-state index contributed by atoms with van der Waals surface area (Å²) in [5.41, 5.74) is -1.15. The molecule has 3 heterocycles. The molecular formula is C51H89FN10O9Si. The fraction of sp³-hybridized carbons (Fsp3) is 0.745. The number of anilines is 1. The van der Waals surface area contributed by atoms with Gasteiger partial charge in [0.1, 0.15) is 22.6 Å². The third-order valence-electron chi connectivity index (χ3n) is 11.5. The summed E-state index contributed by atoms with van der Waals surface area (Å²) in [5, 5.41) is 12.8. The number of pyridine rings is 1. The second-order valence-corrected chi connectivity index (χ2v) is 28.4. The zero-order chi connectivity index (χ0) is 54.1. The Morgan fingerprint density at radius 1 is 0.625 bits per heavy atom. The van der Waals surface area contributed by atoms with Gasteiger partial charge in [-0.1, -0.05) is 47.6 Å². The van der Waals surface area contributed by atoms with Crippen molar-refractivity contribution in [3.8, 4) is 0 Å². The Morgan fingerprint density at radius 2 is 1.07 bits per heavy atom. The van der Waals surface area contributed by atoms with Crippen LogP contribution in [0.1, 0.15) is 109 Å². The van der Waals surface area contributed by atoms with Crippen LogP contribution < -0.4 is 21.3 Å². The highest BCUT2D eigenvalue weighted by atomic mass is 28.4. The number of ether oxygens (including phenoxy) is 4. The maximum absolute atomic E-state index is 17.7. The van der Waals surface area contributed by atoms with E-state index < -0.39 is 35.3 Å². The van der Waals surface area contributed by atoms with Gasteiger partial charge in [-0.05, 0) is 84.0 Å². The van der Waals surface area contributed by atoms with Gasteiger partial charge in [-0.2, -0.15) is 5.10 Å². The molecule has 1 saturated heterocycles. The van der Waals surface area contributed by atoms with Gasteiger partial charge in [-0.15, -0.1) is 0 Å². The molecule has 2 amide bonds. The Bertz CT molecular complexity index is 1980. The zero-order valence-electron chi connectivity index (χ0n) is 46.3. The molecule has 0 aromatic carbocycles. The molecule has 0 atom stereocenters. The minimum atomic E-state index is -3.79. The molecule has 1 aliphatic heterocycles. The third kappa shape index (κ3) is 22.7. The first-order chi connectivity index (χ1) is 33.2. The van der Waals surface area contributed by atoms with Crippen LogP contribution in [0.25, 0.3) is 0 Å². The summed E-state index contributed by atoms with van der Waals surface area (Å²) in [5.74, 6) is -1.22. The summed E-state index contributed by atoms with van der Waals surface area (Å²) in [6.45, 7) is 32.5. The molecule has 0 saturated carbocycles. The zero-order valence-corrected chi connectivity index (χ0v) is 47.3. The van der Waals surface area contributed by atoms with Gasteiger partial charge >= 0.3 is 26.3 Å². The lowest BCUT2D eigenvalue weighted by atomic mass is 10.2. The Hall–Kier alpha value is -4.54. The monoisotopic (exact) mass is 1030 g/mol. The number of rotatable bonds is 20. The standard InChI is InChI=1S/C51H89FN10O9Si/c1-47(2,3)69-44(65)36-59-22-20-58(21-23-60(37-45(66)70-48(4,5)6)25-27-61(26-24-59)38-46(67)71-49(7,8)9)35-42(64)54-19-29-68-30-28-62-43(72(52,50(10,11)12)51(13,14)15)31-40(57-62)55-34-41(63)56-33-39-17-16-18-53-32-39/h16-18,31-32H,19-30,33-38H2,1-15H3,(H,54,64)(H,55,57)(H,56,63). The lowest BCUT2D eigenvalue weighted by molar-refractivity contribution is -0.158. The van der Waals surface area contributed by atoms with Crippen molar-refractivity contribution in [1.29, 1.82) is 0 Å². The van der Waals surface area contributed by atoms with Crippen molar-refractivity contribution in [2.75, 3.05) is 110 Å². The smallest absolute Gasteiger partial charge is 0.320 e. The quantitative estimate of drug-likeness (QED) is 0.0562. The van der Waals surface area contributed by atoms with E-state index in [1.54, 1.807) is 29.2 Å². The number of halogens is 1. The van der Waals surface area contributed by atoms with E-state index in [9.17, 15) is 24.0 Å². The van der Waals surface area contributed by atoms with Crippen molar-refractivity contribution in [3.63, 3.8) is 0 Å². The summed E-state index contributed by atoms with van der Waals surface area (Å²) in [6.07, 6.45) is 3.36. The molecule has 3 N–H and O–H groups in total. The highest BCUT2D eigenvalue weighted by Gasteiger charge is 2.59. The number of amides is 2. The first-order valence-electron chi connectivity index (χ1n) is 25.3. The van der Waals surface area contributed by atoms with Crippen LogP contribution in [-0.2, 0) is 56.0 Å². The Balaban J connectivity index is 1.71. The molecule has 2 aromatic heterocycles. The highest BCUT2D eigenvalue weighted by molar-refractivity contribution is 6.90. The topological polar surface area (TPSA) is 202 Å². The van der Waals surface area contributed by atoms with Crippen molar-refractivity contribution in [1.82, 2.24) is 45.0 Å². The number of hydrogen-bond acceptors (Lipinski definition) is 16. The summed E-state index contributed by atoms with van der Waals surface area (Å²) < 4.78 is 42.4. The fourth-order valence-corrected chi connectivity index (χ4v) is 13.1. The van der Waals surface area contributed by atoms with Gasteiger partial charge in [-0.25, -0.2) is 0 Å². The van der Waals surface area contributed by atoms with Crippen LogP contribution in [0.4, 0.5) is 9.93 Å². The van der Waals surface area contributed by atoms with Gasteiger partial charge in [-0.3, -0.25) is 53.2 Å². The van der Waals surface area contributed by atoms with E-state index in [4.69, 9.17) is 24.0 Å². The predicted octanol–water partition coefficient (Wildman–Crippen LogP) is 4.11. The summed E-state index contributed by atoms with van der Waals surface area (Å²) >= 11 is 0. The number of nitrogens with one attached hydrogen (secondary N) is 3. The predicted molar refractivity (Wildman–Crippen MR) is 280 cm³/mol. The van der Waals surface area contributed by atoms with Gasteiger partial charge in [0.05, 0.1) is 57.8 Å². The maximum Gasteiger partial charge on any atom is 0.320 e. The van der Waals surface area contributed by atoms with Crippen LogP contribution in [-0.4, -0.2) is 194 Å². The molecule has 0 spiro atoms. The van der Waals surface area contributed by atoms with Crippen LogP contribution in [0.15, 0.2) is 30.6 Å². The van der Waals surface area contributed by atoms with E-state index in [1.165, 1.54) is 0 Å². The van der Waals surface area contributed by atoms with Crippen LogP contribution >= 0.6 is 0 Å². The third-order valence-corrected chi connectivity index (χ3v) is 16.7. The highest BCUT2D eigenvalue weighted by Crippen LogP contribution is 2.51. The minimum Gasteiger partial charge on any atom is -0.459 e. The molecule has 72 heavy (non-hydrogen) atoms. The summed E-state index contributed by atoms with van der Waals surface area (Å²) in [7, 11) is -3.79. The molecule has 1 fully saturated rings. The van der Waals surface area contributed by atoms with E-state index in [0.717, 1.165) is 5.56 Å². The first kappa shape index (κ1) is 61.8. The Kier molecular flexibility index (Phi) is 23.3. The average molecular weight is 1030 g/mol. The number of esters is 3. The lowest BCUT2D eigenvalue weighted by Crippen LogP contribution is -2.60. The van der Waals surface area contributed by atoms with E-state index in [-0.39, 0.29) is 88.7 Å². The van der Waals surface area contributed by atoms with Gasteiger partial charge in [0.2, 0.25) is 11.8 Å². The van der Waals surface area contributed by atoms with Crippen molar-refractivity contribution in [2.24, 2.45) is 0 Å². The summed E-state index contributed by atoms with van der Waals surface area (Å²) in [6, 6.07) is 5.40. The van der Waals surface area contributed by atoms with Crippen molar-refractivity contribution in [3.05, 3.63) is 36.2 Å². The van der Waals surface area contributed by atoms with Crippen LogP contribution in [0.2, 0.25) is 10.1 Å². The van der Waals surface area contributed by atoms with E-state index in [1.807, 2.05) is 130 Å². The Morgan fingerprint density at radius 3 is 1.47 bits per heavy atom. The molecule has 0 radical (unpaired) electrons. The van der Waals surface area contributed by atoms with Gasteiger partial charge in [0, 0.05) is 83.9 Å². The first-order valence-corrected chi connectivity index (χ1v) is 27.2. The van der Waals surface area contributed by atoms with E-state index in [2.05, 4.69) is 20.9 Å². The molecule has 0 aliphatic carbocycles. The second-order valence-electron chi connectivity index (χ2n) is 23.6. The van der Waals surface area contributed by atoms with Crippen molar-refractivity contribution in [2.45, 2.75) is 144 Å². The number of hydrogen-bond donors (Lipinski definition) is 3. The van der Waals surface area contributed by atoms with Crippen molar-refractivity contribution < 1.29 is 47.0 Å². The van der Waals surface area contributed by atoms with Gasteiger partial charge in [0.25, 0.3) is 0 Å². The van der Waals surface area contributed by atoms with Crippen LogP contribution in [0, 0.1) is 0 Å². The fourth-order valence-electron chi connectivity index (χ4n) is 8.44.